The summed E-state index contributed by atoms with van der Waals surface area (Å²) in [6.45, 7) is 2.08. The molecule has 1 saturated heterocycles. The number of pyridine rings is 1. The molecule has 1 fully saturated rings. The minimum absolute atomic E-state index is 0.0312. The predicted octanol–water partition coefficient (Wildman–Crippen LogP) is 4.36. The van der Waals surface area contributed by atoms with E-state index >= 15 is 0 Å². The fourth-order valence-corrected chi connectivity index (χ4v) is 6.40. The molecule has 4 heterocycles. The number of furan rings is 1. The Labute approximate surface area is 222 Å². The summed E-state index contributed by atoms with van der Waals surface area (Å²) >= 11 is 0. The Kier molecular flexibility index (Phi) is 8.94. The molecule has 9 nitrogen and oxygen atoms in total. The van der Waals surface area contributed by atoms with Crippen molar-refractivity contribution >= 4 is 21.8 Å². The first kappa shape index (κ1) is 30.6. The van der Waals surface area contributed by atoms with Gasteiger partial charge in [0.05, 0.1) is 22.7 Å². The average molecular weight is 594 g/mol. The van der Waals surface area contributed by atoms with Crippen LogP contribution >= 0.6 is 0 Å². The van der Waals surface area contributed by atoms with Gasteiger partial charge >= 0.3 is 24.3 Å². The molecular formula is C24H20F6N2O7S. The molecule has 2 N–H and O–H groups in total. The maximum Gasteiger partial charge on any atom is 0.490 e. The second-order valence-electron chi connectivity index (χ2n) is 8.61. The van der Waals surface area contributed by atoms with E-state index in [4.69, 9.17) is 24.2 Å². The van der Waals surface area contributed by atoms with E-state index in [-0.39, 0.29) is 11.2 Å². The van der Waals surface area contributed by atoms with E-state index in [2.05, 4.69) is 9.88 Å². The SMILES string of the molecule is O=C(O)C(F)(F)F.O=C(O)C(F)(F)F.O=S1(=O)c2ccc(-c3ccoc3)cc2C2CN(Cc3ccncc3)CC21. The number of carboxylic acid groups (broad SMARTS) is 2. The van der Waals surface area contributed by atoms with Gasteiger partial charge in [0, 0.05) is 43.5 Å². The highest BCUT2D eigenvalue weighted by molar-refractivity contribution is 7.92. The molecule has 0 radical (unpaired) electrons. The van der Waals surface area contributed by atoms with Crippen LogP contribution in [0.1, 0.15) is 17.0 Å². The van der Waals surface area contributed by atoms with E-state index in [1.807, 2.05) is 30.3 Å². The number of aromatic nitrogens is 1. The van der Waals surface area contributed by atoms with Crippen LogP contribution in [0.2, 0.25) is 0 Å². The molecule has 2 aliphatic rings. The monoisotopic (exact) mass is 594 g/mol. The highest BCUT2D eigenvalue weighted by Crippen LogP contribution is 2.46. The van der Waals surface area contributed by atoms with E-state index in [0.717, 1.165) is 35.3 Å². The van der Waals surface area contributed by atoms with Crippen molar-refractivity contribution in [1.82, 2.24) is 9.88 Å². The number of nitrogens with zero attached hydrogens (tertiary/aromatic N) is 2. The van der Waals surface area contributed by atoms with E-state index in [9.17, 15) is 34.8 Å². The molecule has 40 heavy (non-hydrogen) atoms. The molecule has 16 heteroatoms. The Morgan fingerprint density at radius 3 is 2.00 bits per heavy atom. The van der Waals surface area contributed by atoms with Crippen molar-refractivity contribution in [1.29, 1.82) is 0 Å². The first-order chi connectivity index (χ1) is 18.5. The van der Waals surface area contributed by atoms with Crippen molar-refractivity contribution in [2.45, 2.75) is 35.0 Å². The van der Waals surface area contributed by atoms with Crippen LogP contribution in [0.3, 0.4) is 0 Å². The molecule has 2 aromatic heterocycles. The van der Waals surface area contributed by atoms with Crippen LogP contribution in [0.5, 0.6) is 0 Å². The number of carboxylic acids is 2. The van der Waals surface area contributed by atoms with Crippen molar-refractivity contribution in [2.24, 2.45) is 0 Å². The van der Waals surface area contributed by atoms with Gasteiger partial charge in [-0.25, -0.2) is 18.0 Å². The minimum Gasteiger partial charge on any atom is -0.475 e. The number of halogens is 6. The molecule has 1 aromatic carbocycles. The number of sulfone groups is 1. The lowest BCUT2D eigenvalue weighted by Gasteiger charge is -2.17. The van der Waals surface area contributed by atoms with Crippen LogP contribution in [0, 0.1) is 0 Å². The van der Waals surface area contributed by atoms with Crippen molar-refractivity contribution in [2.75, 3.05) is 13.1 Å². The fraction of sp³-hybridized carbons (Fsp3) is 0.292. The van der Waals surface area contributed by atoms with Crippen LogP contribution in [0.15, 0.2) is 70.6 Å². The maximum absolute atomic E-state index is 13.0. The molecule has 0 bridgehead atoms. The third-order valence-electron chi connectivity index (χ3n) is 5.95. The number of aliphatic carboxylic acids is 2. The van der Waals surface area contributed by atoms with Crippen LogP contribution < -0.4 is 0 Å². The highest BCUT2D eigenvalue weighted by Gasteiger charge is 2.50. The normalized spacial score (nSPS) is 19.4. The molecule has 2 unspecified atom stereocenters. The van der Waals surface area contributed by atoms with Crippen LogP contribution in [0.25, 0.3) is 11.1 Å². The van der Waals surface area contributed by atoms with E-state index < -0.39 is 34.1 Å². The van der Waals surface area contributed by atoms with Gasteiger partial charge < -0.3 is 14.6 Å². The zero-order valence-corrected chi connectivity index (χ0v) is 20.9. The second-order valence-corrected chi connectivity index (χ2v) is 10.7. The van der Waals surface area contributed by atoms with Crippen molar-refractivity contribution in [3.8, 4) is 11.1 Å². The number of hydrogen-bond acceptors (Lipinski definition) is 7. The number of rotatable bonds is 3. The molecule has 5 rings (SSSR count). The van der Waals surface area contributed by atoms with Gasteiger partial charge in [0.25, 0.3) is 0 Å². The zero-order chi connectivity index (χ0) is 29.9. The largest absolute Gasteiger partial charge is 0.490 e. The number of benzene rings is 1. The van der Waals surface area contributed by atoms with Crippen LogP contribution in [-0.4, -0.2) is 71.1 Å². The minimum atomic E-state index is -5.08. The number of alkyl halides is 6. The number of carbonyl (C=O) groups is 2. The third kappa shape index (κ3) is 7.18. The number of fused-ring (bicyclic) bond motifs is 3. The predicted molar refractivity (Wildman–Crippen MR) is 125 cm³/mol. The molecular weight excluding hydrogens is 574 g/mol. The third-order valence-corrected chi connectivity index (χ3v) is 8.21. The van der Waals surface area contributed by atoms with Crippen molar-refractivity contribution < 1.29 is 59.0 Å². The Balaban J connectivity index is 0.000000263. The lowest BCUT2D eigenvalue weighted by atomic mass is 9.95. The summed E-state index contributed by atoms with van der Waals surface area (Å²) < 4.78 is 94.7. The summed E-state index contributed by atoms with van der Waals surface area (Å²) in [5.74, 6) is -5.48. The summed E-state index contributed by atoms with van der Waals surface area (Å²) in [6.07, 6.45) is -3.30. The number of hydrogen-bond donors (Lipinski definition) is 2. The van der Waals surface area contributed by atoms with Gasteiger partial charge in [-0.3, -0.25) is 9.88 Å². The van der Waals surface area contributed by atoms with Gasteiger partial charge in [-0.05, 0) is 47.0 Å². The lowest BCUT2D eigenvalue weighted by molar-refractivity contribution is -0.193. The summed E-state index contributed by atoms with van der Waals surface area (Å²) in [5.41, 5.74) is 4.08. The molecule has 216 valence electrons. The Morgan fingerprint density at radius 1 is 0.925 bits per heavy atom. The van der Waals surface area contributed by atoms with E-state index in [1.54, 1.807) is 31.0 Å². The van der Waals surface area contributed by atoms with Gasteiger partial charge in [-0.1, -0.05) is 6.07 Å². The smallest absolute Gasteiger partial charge is 0.475 e. The van der Waals surface area contributed by atoms with E-state index in [1.165, 1.54) is 0 Å². The van der Waals surface area contributed by atoms with Gasteiger partial charge in [0.2, 0.25) is 0 Å². The Morgan fingerprint density at radius 2 is 1.50 bits per heavy atom. The zero-order valence-electron chi connectivity index (χ0n) is 20.1. The highest BCUT2D eigenvalue weighted by atomic mass is 32.2. The van der Waals surface area contributed by atoms with Gasteiger partial charge in [-0.2, -0.15) is 26.3 Å². The summed E-state index contributed by atoms with van der Waals surface area (Å²) in [4.78, 5) is 24.6. The first-order valence-corrected chi connectivity index (χ1v) is 12.7. The molecule has 2 aliphatic heterocycles. The molecule has 3 aromatic rings. The molecule has 0 aliphatic carbocycles. The molecule has 2 atom stereocenters. The molecule has 0 saturated carbocycles. The van der Waals surface area contributed by atoms with Crippen molar-refractivity contribution in [3.05, 3.63) is 72.4 Å². The van der Waals surface area contributed by atoms with Gasteiger partial charge in [0.1, 0.15) is 0 Å². The summed E-state index contributed by atoms with van der Waals surface area (Å²) in [7, 11) is -3.27. The van der Waals surface area contributed by atoms with E-state index in [0.29, 0.717) is 11.4 Å². The lowest BCUT2D eigenvalue weighted by Crippen LogP contribution is -2.25. The van der Waals surface area contributed by atoms with Gasteiger partial charge in [0.15, 0.2) is 9.84 Å². The molecule has 0 spiro atoms. The first-order valence-electron chi connectivity index (χ1n) is 11.1. The second kappa shape index (κ2) is 11.7. The number of likely N-dealkylation sites (tertiary alicyclic amines) is 1. The standard InChI is InChI=1S/C20H18N2O3S.2C2HF3O2/c23-26(24)19-2-1-15(16-5-8-25-13-16)9-17(19)18-11-22(12-20(18)26)10-14-3-6-21-7-4-14;2*3-2(4,5)1(6)7/h1-9,13,18,20H,10-12H2;2*(H,6,7). The summed E-state index contributed by atoms with van der Waals surface area (Å²) in [5, 5.41) is 13.9. The van der Waals surface area contributed by atoms with Crippen LogP contribution in [-0.2, 0) is 26.0 Å². The maximum atomic E-state index is 13.0. The quantitative estimate of drug-likeness (QED) is 0.424. The summed E-state index contributed by atoms with van der Waals surface area (Å²) in [6, 6.07) is 11.5. The average Bonchev–Trinajstić information content (AvgIpc) is 3.58. The fourth-order valence-electron chi connectivity index (χ4n) is 4.21. The Hall–Kier alpha value is -3.92. The molecule has 0 amide bonds. The van der Waals surface area contributed by atoms with Gasteiger partial charge in [-0.15, -0.1) is 0 Å². The van der Waals surface area contributed by atoms with Crippen LogP contribution in [0.4, 0.5) is 26.3 Å². The topological polar surface area (TPSA) is 138 Å². The van der Waals surface area contributed by atoms with Crippen molar-refractivity contribution in [3.63, 3.8) is 0 Å². The Bertz CT molecular complexity index is 1420.